The van der Waals surface area contributed by atoms with Crippen molar-refractivity contribution in [2.45, 2.75) is 6.92 Å². The molecule has 0 unspecified atom stereocenters. The van der Waals surface area contributed by atoms with Gasteiger partial charge >= 0.3 is 0 Å². The number of aromatic nitrogens is 1. The van der Waals surface area contributed by atoms with Crippen LogP contribution >= 0.6 is 11.3 Å². The number of carbonyl (C=O) groups excluding carboxylic acids is 2. The second-order valence-corrected chi connectivity index (χ2v) is 6.53. The minimum atomic E-state index is -0.243. The fourth-order valence-corrected chi connectivity index (χ4v) is 2.91. The highest BCUT2D eigenvalue weighted by atomic mass is 32.1. The van der Waals surface area contributed by atoms with Crippen molar-refractivity contribution >= 4 is 34.0 Å². The number of thiazole rings is 1. The summed E-state index contributed by atoms with van der Waals surface area (Å²) in [7, 11) is 7.26. The van der Waals surface area contributed by atoms with Gasteiger partial charge in [-0.3, -0.25) is 14.9 Å². The van der Waals surface area contributed by atoms with E-state index in [4.69, 9.17) is 0 Å². The van der Waals surface area contributed by atoms with Crippen molar-refractivity contribution in [2.24, 2.45) is 0 Å². The van der Waals surface area contributed by atoms with Crippen LogP contribution in [-0.2, 0) is 0 Å². The number of carbonyl (C=O) groups is 2. The van der Waals surface area contributed by atoms with E-state index in [9.17, 15) is 9.59 Å². The Labute approximate surface area is 139 Å². The number of amides is 2. The van der Waals surface area contributed by atoms with Crippen molar-refractivity contribution in [3.8, 4) is 0 Å². The number of aryl methyl sites for hydroxylation is 1. The van der Waals surface area contributed by atoms with Gasteiger partial charge in [-0.2, -0.15) is 0 Å². The highest BCUT2D eigenvalue weighted by Crippen LogP contribution is 2.24. The maximum Gasteiger partial charge on any atom is 0.265 e. The molecule has 0 atom stereocenters. The summed E-state index contributed by atoms with van der Waals surface area (Å²) in [5.74, 6) is -0.358. The van der Waals surface area contributed by atoms with Crippen molar-refractivity contribution in [3.63, 3.8) is 0 Å². The van der Waals surface area contributed by atoms with Gasteiger partial charge in [-0.25, -0.2) is 4.98 Å². The van der Waals surface area contributed by atoms with Gasteiger partial charge in [-0.1, -0.05) is 11.3 Å². The van der Waals surface area contributed by atoms with Crippen LogP contribution in [-0.4, -0.2) is 49.9 Å². The number of hydrogen-bond donors (Lipinski definition) is 1. The Kier molecular flexibility index (Phi) is 5.00. The van der Waals surface area contributed by atoms with Crippen molar-refractivity contribution < 1.29 is 9.59 Å². The molecule has 0 aliphatic rings. The first-order valence-corrected chi connectivity index (χ1v) is 7.89. The molecule has 0 spiro atoms. The average molecular weight is 332 g/mol. The van der Waals surface area contributed by atoms with E-state index in [1.807, 2.05) is 31.1 Å². The van der Waals surface area contributed by atoms with Crippen LogP contribution in [0.2, 0.25) is 0 Å². The first-order chi connectivity index (χ1) is 10.8. The number of benzene rings is 1. The Bertz CT molecular complexity index is 720. The monoisotopic (exact) mass is 332 g/mol. The summed E-state index contributed by atoms with van der Waals surface area (Å²) in [6.07, 6.45) is 0. The maximum absolute atomic E-state index is 12.3. The Balaban J connectivity index is 2.14. The van der Waals surface area contributed by atoms with Gasteiger partial charge in [0.2, 0.25) is 0 Å². The number of nitrogens with zero attached hydrogens (tertiary/aromatic N) is 3. The summed E-state index contributed by atoms with van der Waals surface area (Å²) in [4.78, 5) is 32.5. The Morgan fingerprint density at radius 3 is 2.22 bits per heavy atom. The van der Waals surface area contributed by atoms with Crippen LogP contribution in [0.3, 0.4) is 0 Å². The fourth-order valence-electron chi connectivity index (χ4n) is 1.93. The first kappa shape index (κ1) is 17.0. The Morgan fingerprint density at radius 2 is 1.70 bits per heavy atom. The minimum absolute atomic E-state index is 0.115. The summed E-state index contributed by atoms with van der Waals surface area (Å²) < 4.78 is 0. The number of nitrogens with one attached hydrogen (secondary N) is 1. The number of rotatable bonds is 4. The van der Waals surface area contributed by atoms with E-state index >= 15 is 0 Å². The summed E-state index contributed by atoms with van der Waals surface area (Å²) in [6, 6.07) is 7.28. The molecule has 0 aliphatic heterocycles. The van der Waals surface area contributed by atoms with Crippen LogP contribution in [0.4, 0.5) is 10.8 Å². The zero-order chi connectivity index (χ0) is 17.1. The van der Waals surface area contributed by atoms with E-state index in [1.165, 1.54) is 16.2 Å². The SMILES string of the molecule is Cc1nc(NC(=O)c2ccc(N(C)C)cc2)sc1C(=O)N(C)C. The van der Waals surface area contributed by atoms with E-state index in [0.717, 1.165) is 5.69 Å². The van der Waals surface area contributed by atoms with Crippen molar-refractivity contribution in [2.75, 3.05) is 38.4 Å². The van der Waals surface area contributed by atoms with Gasteiger partial charge < -0.3 is 9.80 Å². The molecular formula is C16H20N4O2S. The zero-order valence-electron chi connectivity index (χ0n) is 13.9. The lowest BCUT2D eigenvalue weighted by Gasteiger charge is -2.12. The van der Waals surface area contributed by atoms with Gasteiger partial charge in [-0.15, -0.1) is 0 Å². The molecule has 1 N–H and O–H groups in total. The minimum Gasteiger partial charge on any atom is -0.378 e. The Hall–Kier alpha value is -2.41. The summed E-state index contributed by atoms with van der Waals surface area (Å²) >= 11 is 1.18. The molecule has 0 saturated heterocycles. The fraction of sp³-hybridized carbons (Fsp3) is 0.312. The van der Waals surface area contributed by atoms with Crippen molar-refractivity contribution in [3.05, 3.63) is 40.4 Å². The molecule has 1 aromatic carbocycles. The molecule has 6 nitrogen and oxygen atoms in total. The molecule has 0 bridgehead atoms. The third-order valence-corrected chi connectivity index (χ3v) is 4.32. The summed E-state index contributed by atoms with van der Waals surface area (Å²) in [5, 5.41) is 3.17. The highest BCUT2D eigenvalue weighted by Gasteiger charge is 2.18. The van der Waals surface area contributed by atoms with Gasteiger partial charge in [0.05, 0.1) is 5.69 Å². The smallest absolute Gasteiger partial charge is 0.265 e. The van der Waals surface area contributed by atoms with Crippen molar-refractivity contribution in [1.82, 2.24) is 9.88 Å². The van der Waals surface area contributed by atoms with E-state index in [0.29, 0.717) is 21.3 Å². The molecule has 1 aromatic heterocycles. The van der Waals surface area contributed by atoms with Gasteiger partial charge in [0.1, 0.15) is 4.88 Å². The predicted octanol–water partition coefficient (Wildman–Crippen LogP) is 2.47. The van der Waals surface area contributed by atoms with Crippen LogP contribution in [0.15, 0.2) is 24.3 Å². The average Bonchev–Trinajstić information content (AvgIpc) is 2.86. The predicted molar refractivity (Wildman–Crippen MR) is 93.6 cm³/mol. The van der Waals surface area contributed by atoms with Gasteiger partial charge in [0.15, 0.2) is 5.13 Å². The first-order valence-electron chi connectivity index (χ1n) is 7.07. The quantitative estimate of drug-likeness (QED) is 0.934. The summed E-state index contributed by atoms with van der Waals surface area (Å²) in [5.41, 5.74) is 2.18. The molecule has 0 saturated carbocycles. The lowest BCUT2D eigenvalue weighted by Crippen LogP contribution is -2.21. The third-order valence-electron chi connectivity index (χ3n) is 3.26. The molecule has 0 radical (unpaired) electrons. The molecule has 0 aliphatic carbocycles. The van der Waals surface area contributed by atoms with Crippen LogP contribution in [0.5, 0.6) is 0 Å². The van der Waals surface area contributed by atoms with E-state index in [1.54, 1.807) is 33.2 Å². The van der Waals surface area contributed by atoms with Crippen LogP contribution < -0.4 is 10.2 Å². The van der Waals surface area contributed by atoms with E-state index < -0.39 is 0 Å². The standard InChI is InChI=1S/C16H20N4O2S/c1-10-13(15(22)20(4)5)23-16(17-10)18-14(21)11-6-8-12(9-7-11)19(2)3/h6-9H,1-5H3,(H,17,18,21). The van der Waals surface area contributed by atoms with E-state index in [-0.39, 0.29) is 11.8 Å². The third kappa shape index (κ3) is 3.87. The van der Waals surface area contributed by atoms with Crippen LogP contribution in [0, 0.1) is 6.92 Å². The molecular weight excluding hydrogens is 312 g/mol. The second kappa shape index (κ2) is 6.78. The summed E-state index contributed by atoms with van der Waals surface area (Å²) in [6.45, 7) is 1.76. The van der Waals surface area contributed by atoms with E-state index in [2.05, 4.69) is 10.3 Å². The zero-order valence-corrected chi connectivity index (χ0v) is 14.7. The molecule has 2 aromatic rings. The number of anilines is 2. The molecule has 122 valence electrons. The second-order valence-electron chi connectivity index (χ2n) is 5.53. The van der Waals surface area contributed by atoms with Crippen LogP contribution in [0.25, 0.3) is 0 Å². The largest absolute Gasteiger partial charge is 0.378 e. The maximum atomic E-state index is 12.3. The molecule has 2 amide bonds. The van der Waals surface area contributed by atoms with Crippen LogP contribution in [0.1, 0.15) is 25.7 Å². The Morgan fingerprint density at radius 1 is 1.09 bits per heavy atom. The van der Waals surface area contributed by atoms with Gasteiger partial charge in [0.25, 0.3) is 11.8 Å². The number of hydrogen-bond acceptors (Lipinski definition) is 5. The molecule has 1 heterocycles. The molecule has 7 heteroatoms. The normalized spacial score (nSPS) is 10.3. The van der Waals surface area contributed by atoms with Gasteiger partial charge in [0, 0.05) is 39.4 Å². The highest BCUT2D eigenvalue weighted by molar-refractivity contribution is 7.17. The molecule has 23 heavy (non-hydrogen) atoms. The van der Waals surface area contributed by atoms with Gasteiger partial charge in [-0.05, 0) is 31.2 Å². The lowest BCUT2D eigenvalue weighted by molar-refractivity contribution is 0.0831. The van der Waals surface area contributed by atoms with Crippen molar-refractivity contribution in [1.29, 1.82) is 0 Å². The molecule has 2 rings (SSSR count). The topological polar surface area (TPSA) is 65.5 Å². The lowest BCUT2D eigenvalue weighted by atomic mass is 10.2. The molecule has 0 fully saturated rings.